The summed E-state index contributed by atoms with van der Waals surface area (Å²) in [7, 11) is 0. The van der Waals surface area contributed by atoms with Crippen LogP contribution >= 0.6 is 11.6 Å². The van der Waals surface area contributed by atoms with Crippen LogP contribution in [-0.2, 0) is 16.1 Å². The third-order valence-corrected chi connectivity index (χ3v) is 4.55. The number of benzene rings is 1. The Hall–Kier alpha value is -2.67. The van der Waals surface area contributed by atoms with Crippen LogP contribution < -0.4 is 9.47 Å². The van der Waals surface area contributed by atoms with E-state index in [0.717, 1.165) is 22.7 Å². The first-order chi connectivity index (χ1) is 14.3. The van der Waals surface area contributed by atoms with Crippen LogP contribution in [0.1, 0.15) is 5.69 Å². The van der Waals surface area contributed by atoms with E-state index in [0.29, 0.717) is 43.9 Å². The standard InChI is InChI=1S/C22H21ClN2O4/c23-22-12-19(29-15-20-14-26-9-10-27-20)11-21(25-22)16-4-6-18(7-5-16)28-13-17-3-1-2-8-24-17/h1-8,11-12,20H,9-10,13-15H2/t20-/m1/s1. The van der Waals surface area contributed by atoms with Gasteiger partial charge in [0.05, 0.1) is 31.2 Å². The van der Waals surface area contributed by atoms with Gasteiger partial charge in [0.15, 0.2) is 0 Å². The fourth-order valence-electron chi connectivity index (χ4n) is 2.89. The molecule has 7 heteroatoms. The Kier molecular flexibility index (Phi) is 6.56. The molecule has 2 aromatic heterocycles. The van der Waals surface area contributed by atoms with E-state index in [1.54, 1.807) is 12.3 Å². The van der Waals surface area contributed by atoms with E-state index in [4.69, 9.17) is 30.5 Å². The van der Waals surface area contributed by atoms with E-state index in [1.165, 1.54) is 0 Å². The lowest BCUT2D eigenvalue weighted by atomic mass is 10.1. The van der Waals surface area contributed by atoms with Crippen LogP contribution in [0, 0.1) is 0 Å². The molecule has 1 aromatic carbocycles. The molecule has 3 aromatic rings. The van der Waals surface area contributed by atoms with Gasteiger partial charge in [-0.3, -0.25) is 4.98 Å². The van der Waals surface area contributed by atoms with E-state index >= 15 is 0 Å². The second kappa shape index (κ2) is 9.69. The Morgan fingerprint density at radius 3 is 2.66 bits per heavy atom. The molecule has 1 fully saturated rings. The Bertz CT molecular complexity index is 916. The number of hydrogen-bond acceptors (Lipinski definition) is 6. The molecule has 0 aliphatic carbocycles. The molecule has 4 rings (SSSR count). The summed E-state index contributed by atoms with van der Waals surface area (Å²) in [5.74, 6) is 1.40. The average molecular weight is 413 g/mol. The fraction of sp³-hybridized carbons (Fsp3) is 0.273. The normalized spacial score (nSPS) is 16.4. The smallest absolute Gasteiger partial charge is 0.133 e. The maximum absolute atomic E-state index is 6.19. The second-order valence-electron chi connectivity index (χ2n) is 6.52. The predicted octanol–water partition coefficient (Wildman–Crippen LogP) is 4.17. The highest BCUT2D eigenvalue weighted by molar-refractivity contribution is 6.29. The number of aromatic nitrogens is 2. The molecule has 1 aliphatic rings. The molecule has 0 radical (unpaired) electrons. The molecule has 29 heavy (non-hydrogen) atoms. The number of halogens is 1. The maximum Gasteiger partial charge on any atom is 0.133 e. The molecule has 1 saturated heterocycles. The Labute approximate surface area is 174 Å². The van der Waals surface area contributed by atoms with E-state index in [9.17, 15) is 0 Å². The number of hydrogen-bond donors (Lipinski definition) is 0. The summed E-state index contributed by atoms with van der Waals surface area (Å²) in [6.45, 7) is 2.57. The number of ether oxygens (including phenoxy) is 4. The van der Waals surface area contributed by atoms with Gasteiger partial charge in [0.2, 0.25) is 0 Å². The van der Waals surface area contributed by atoms with Crippen molar-refractivity contribution in [2.45, 2.75) is 12.7 Å². The Morgan fingerprint density at radius 1 is 1.00 bits per heavy atom. The molecule has 1 atom stereocenters. The number of rotatable bonds is 7. The van der Waals surface area contributed by atoms with E-state index in [-0.39, 0.29) is 6.10 Å². The van der Waals surface area contributed by atoms with Crippen LogP contribution in [0.25, 0.3) is 11.3 Å². The lowest BCUT2D eigenvalue weighted by Gasteiger charge is -2.23. The van der Waals surface area contributed by atoms with Gasteiger partial charge >= 0.3 is 0 Å². The zero-order valence-corrected chi connectivity index (χ0v) is 16.5. The van der Waals surface area contributed by atoms with Crippen molar-refractivity contribution in [1.82, 2.24) is 9.97 Å². The largest absolute Gasteiger partial charge is 0.491 e. The van der Waals surface area contributed by atoms with Crippen LogP contribution in [0.2, 0.25) is 5.15 Å². The molecule has 0 spiro atoms. The van der Waals surface area contributed by atoms with Crippen LogP contribution in [0.4, 0.5) is 0 Å². The van der Waals surface area contributed by atoms with Gasteiger partial charge in [-0.25, -0.2) is 4.98 Å². The molecule has 0 bridgehead atoms. The summed E-state index contributed by atoms with van der Waals surface area (Å²) in [5, 5.41) is 0.369. The van der Waals surface area contributed by atoms with Gasteiger partial charge in [-0.15, -0.1) is 0 Å². The number of pyridine rings is 2. The molecule has 3 heterocycles. The predicted molar refractivity (Wildman–Crippen MR) is 109 cm³/mol. The molecule has 1 aliphatic heterocycles. The molecular weight excluding hydrogens is 392 g/mol. The van der Waals surface area contributed by atoms with Gasteiger partial charge in [-0.05, 0) is 36.4 Å². The molecule has 0 unspecified atom stereocenters. The minimum Gasteiger partial charge on any atom is -0.491 e. The summed E-state index contributed by atoms with van der Waals surface area (Å²) < 4.78 is 22.6. The Morgan fingerprint density at radius 2 is 1.90 bits per heavy atom. The van der Waals surface area contributed by atoms with Crippen molar-refractivity contribution in [3.8, 4) is 22.8 Å². The summed E-state index contributed by atoms with van der Waals surface area (Å²) in [4.78, 5) is 8.65. The van der Waals surface area contributed by atoms with Crippen molar-refractivity contribution >= 4 is 11.6 Å². The zero-order chi connectivity index (χ0) is 19.9. The molecule has 0 N–H and O–H groups in total. The van der Waals surface area contributed by atoms with E-state index in [1.807, 2.05) is 48.5 Å². The van der Waals surface area contributed by atoms with E-state index in [2.05, 4.69) is 9.97 Å². The SMILES string of the molecule is Clc1cc(OC[C@H]2COCCO2)cc(-c2ccc(OCc3ccccn3)cc2)n1. The topological polar surface area (TPSA) is 62.7 Å². The molecular formula is C22H21ClN2O4. The Balaban J connectivity index is 1.40. The maximum atomic E-state index is 6.19. The summed E-state index contributed by atoms with van der Waals surface area (Å²) in [6.07, 6.45) is 1.68. The van der Waals surface area contributed by atoms with Crippen LogP contribution in [0.5, 0.6) is 11.5 Å². The highest BCUT2D eigenvalue weighted by Gasteiger charge is 2.15. The monoisotopic (exact) mass is 412 g/mol. The molecule has 150 valence electrons. The molecule has 0 amide bonds. The second-order valence-corrected chi connectivity index (χ2v) is 6.91. The van der Waals surface area contributed by atoms with Gasteiger partial charge in [0, 0.05) is 23.9 Å². The quantitative estimate of drug-likeness (QED) is 0.543. The number of nitrogens with zero attached hydrogens (tertiary/aromatic N) is 2. The van der Waals surface area contributed by atoms with E-state index < -0.39 is 0 Å². The average Bonchev–Trinajstić information content (AvgIpc) is 2.78. The summed E-state index contributed by atoms with van der Waals surface area (Å²) in [6, 6.07) is 17.0. The lowest BCUT2D eigenvalue weighted by molar-refractivity contribution is -0.101. The third kappa shape index (κ3) is 5.67. The van der Waals surface area contributed by atoms with Crippen molar-refractivity contribution in [3.05, 3.63) is 71.6 Å². The van der Waals surface area contributed by atoms with Crippen LogP contribution in [-0.4, -0.2) is 42.5 Å². The van der Waals surface area contributed by atoms with Crippen molar-refractivity contribution < 1.29 is 18.9 Å². The highest BCUT2D eigenvalue weighted by atomic mass is 35.5. The fourth-order valence-corrected chi connectivity index (χ4v) is 3.09. The van der Waals surface area contributed by atoms with Crippen molar-refractivity contribution in [1.29, 1.82) is 0 Å². The minimum atomic E-state index is -0.0744. The summed E-state index contributed by atoms with van der Waals surface area (Å²) in [5.41, 5.74) is 2.52. The van der Waals surface area contributed by atoms with Crippen molar-refractivity contribution in [3.63, 3.8) is 0 Å². The van der Waals surface area contributed by atoms with Crippen molar-refractivity contribution in [2.24, 2.45) is 0 Å². The lowest BCUT2D eigenvalue weighted by Crippen LogP contribution is -2.33. The zero-order valence-electron chi connectivity index (χ0n) is 15.8. The first-order valence-electron chi connectivity index (χ1n) is 9.39. The minimum absolute atomic E-state index is 0.0744. The first-order valence-corrected chi connectivity index (χ1v) is 9.77. The van der Waals surface area contributed by atoms with Gasteiger partial charge in [0.1, 0.15) is 36.0 Å². The molecule has 0 saturated carbocycles. The van der Waals surface area contributed by atoms with Crippen molar-refractivity contribution in [2.75, 3.05) is 26.4 Å². The highest BCUT2D eigenvalue weighted by Crippen LogP contribution is 2.27. The first kappa shape index (κ1) is 19.6. The van der Waals surface area contributed by atoms with Crippen LogP contribution in [0.3, 0.4) is 0 Å². The van der Waals surface area contributed by atoms with Gasteiger partial charge in [-0.2, -0.15) is 0 Å². The third-order valence-electron chi connectivity index (χ3n) is 4.35. The van der Waals surface area contributed by atoms with Crippen LogP contribution in [0.15, 0.2) is 60.8 Å². The van der Waals surface area contributed by atoms with Gasteiger partial charge in [-0.1, -0.05) is 17.7 Å². The molecule has 6 nitrogen and oxygen atoms in total. The summed E-state index contributed by atoms with van der Waals surface area (Å²) >= 11 is 6.19. The van der Waals surface area contributed by atoms with Gasteiger partial charge in [0.25, 0.3) is 0 Å². The van der Waals surface area contributed by atoms with Gasteiger partial charge < -0.3 is 18.9 Å².